The van der Waals surface area contributed by atoms with Crippen LogP contribution in [0, 0.1) is 6.92 Å². The molecule has 3 N–H and O–H groups in total. The van der Waals surface area contributed by atoms with E-state index in [1.54, 1.807) is 10.7 Å². The van der Waals surface area contributed by atoms with E-state index in [4.69, 9.17) is 14.6 Å². The van der Waals surface area contributed by atoms with Crippen molar-refractivity contribution in [1.29, 1.82) is 0 Å². The van der Waals surface area contributed by atoms with Gasteiger partial charge in [-0.2, -0.15) is 5.10 Å². The third-order valence-corrected chi connectivity index (χ3v) is 8.35. The fraction of sp³-hybridized carbons (Fsp3) is 0.333. The van der Waals surface area contributed by atoms with Crippen molar-refractivity contribution in [3.8, 4) is 17.2 Å². The number of aryl methyl sites for hydroxylation is 1. The highest BCUT2D eigenvalue weighted by Gasteiger charge is 2.20. The molecule has 0 saturated carbocycles. The summed E-state index contributed by atoms with van der Waals surface area (Å²) in [4.78, 5) is 15.6. The van der Waals surface area contributed by atoms with Crippen LogP contribution in [0.5, 0.6) is 11.5 Å². The Labute approximate surface area is 236 Å². The second-order valence-electron chi connectivity index (χ2n) is 10.6. The number of morpholine rings is 1. The second kappa shape index (κ2) is 11.8. The van der Waals surface area contributed by atoms with Crippen LogP contribution in [0.3, 0.4) is 0 Å². The zero-order valence-corrected chi connectivity index (χ0v) is 24.3. The molecule has 0 spiro atoms. The third kappa shape index (κ3) is 6.35. The maximum atomic E-state index is 13.3. The van der Waals surface area contributed by atoms with Crippen LogP contribution in [0.2, 0.25) is 0 Å². The van der Waals surface area contributed by atoms with E-state index >= 15 is 0 Å². The SMILES string of the molecule is Cc1ccc(-n2nc(S(C)(C)C)cc2NC(=O)Nc2ccc(OCCN3CCOCC3)c3ccccc23)cc1O. The van der Waals surface area contributed by atoms with Crippen molar-refractivity contribution in [2.24, 2.45) is 0 Å². The predicted molar refractivity (Wildman–Crippen MR) is 163 cm³/mol. The standard InChI is InChI=1S/C30H37N5O4S/c1-21-9-10-22(19-26(21)36)35-28(20-29(33-35)40(2,3)4)32-30(37)31-25-11-12-27(24-8-6-5-7-23(24)25)39-18-15-34-13-16-38-17-14-34/h5-12,19-20,36H,13-18H2,1-4H3,(H2,31,32,37). The summed E-state index contributed by atoms with van der Waals surface area (Å²) in [6.07, 6.45) is 6.44. The Hall–Kier alpha value is -3.73. The lowest BCUT2D eigenvalue weighted by Gasteiger charge is -2.26. The maximum Gasteiger partial charge on any atom is 0.324 e. The van der Waals surface area contributed by atoms with Crippen molar-refractivity contribution in [3.63, 3.8) is 0 Å². The number of hydrogen-bond donors (Lipinski definition) is 3. The van der Waals surface area contributed by atoms with Crippen LogP contribution in [0.15, 0.2) is 65.7 Å². The number of nitrogens with zero attached hydrogens (tertiary/aromatic N) is 3. The van der Waals surface area contributed by atoms with Crippen LogP contribution in [-0.2, 0) is 4.74 Å². The summed E-state index contributed by atoms with van der Waals surface area (Å²) in [6.45, 7) is 6.62. The van der Waals surface area contributed by atoms with Crippen molar-refractivity contribution < 1.29 is 19.4 Å². The number of urea groups is 1. The second-order valence-corrected chi connectivity index (χ2v) is 14.7. The molecule has 0 radical (unpaired) electrons. The number of carbonyl (C=O) groups excluding carboxylic acids is 1. The molecule has 0 aliphatic carbocycles. The van der Waals surface area contributed by atoms with Crippen LogP contribution in [-0.4, -0.2) is 84.0 Å². The summed E-state index contributed by atoms with van der Waals surface area (Å²) in [5, 5.41) is 23.8. The van der Waals surface area contributed by atoms with E-state index in [2.05, 4.69) is 34.3 Å². The van der Waals surface area contributed by atoms with Gasteiger partial charge >= 0.3 is 6.03 Å². The van der Waals surface area contributed by atoms with Crippen LogP contribution < -0.4 is 15.4 Å². The summed E-state index contributed by atoms with van der Waals surface area (Å²) in [7, 11) is -1.16. The number of hydrogen-bond acceptors (Lipinski definition) is 6. The zero-order chi connectivity index (χ0) is 28.3. The number of phenols is 1. The first-order chi connectivity index (χ1) is 19.2. The number of carbonyl (C=O) groups is 1. The minimum atomic E-state index is -1.16. The van der Waals surface area contributed by atoms with Crippen molar-refractivity contribution in [2.45, 2.75) is 11.9 Å². The molecular weight excluding hydrogens is 526 g/mol. The molecule has 212 valence electrons. The number of anilines is 2. The number of rotatable bonds is 8. The number of ether oxygens (including phenoxy) is 2. The van der Waals surface area contributed by atoms with Gasteiger partial charge in [-0.1, -0.05) is 30.3 Å². The van der Waals surface area contributed by atoms with Crippen LogP contribution in [0.1, 0.15) is 5.56 Å². The van der Waals surface area contributed by atoms with Gasteiger partial charge in [-0.05, 0) is 49.5 Å². The van der Waals surface area contributed by atoms with Gasteiger partial charge in [-0.3, -0.25) is 10.2 Å². The number of benzene rings is 3. The Morgan fingerprint density at radius 1 is 1.02 bits per heavy atom. The van der Waals surface area contributed by atoms with E-state index in [1.807, 2.05) is 61.5 Å². The summed E-state index contributed by atoms with van der Waals surface area (Å²) in [5.41, 5.74) is 2.11. The monoisotopic (exact) mass is 563 g/mol. The third-order valence-electron chi connectivity index (χ3n) is 6.89. The Kier molecular flexibility index (Phi) is 8.20. The van der Waals surface area contributed by atoms with Gasteiger partial charge in [0.25, 0.3) is 0 Å². The first kappa shape index (κ1) is 27.8. The minimum absolute atomic E-state index is 0.173. The fourth-order valence-corrected chi connectivity index (χ4v) is 5.35. The van der Waals surface area contributed by atoms with Gasteiger partial charge < -0.3 is 19.9 Å². The molecule has 1 aromatic heterocycles. The van der Waals surface area contributed by atoms with Gasteiger partial charge in [0.15, 0.2) is 0 Å². The minimum Gasteiger partial charge on any atom is -0.508 e. The van der Waals surface area contributed by atoms with Crippen LogP contribution in [0.25, 0.3) is 16.5 Å². The molecule has 9 nitrogen and oxygen atoms in total. The van der Waals surface area contributed by atoms with Crippen molar-refractivity contribution >= 4 is 38.3 Å². The number of aromatic hydroxyl groups is 1. The molecule has 1 aliphatic rings. The molecule has 2 heterocycles. The highest BCUT2D eigenvalue weighted by molar-refractivity contribution is 8.32. The number of nitrogens with one attached hydrogen (secondary N) is 2. The molecule has 0 bridgehead atoms. The molecule has 1 fully saturated rings. The van der Waals surface area contributed by atoms with Gasteiger partial charge in [0.2, 0.25) is 0 Å². The van der Waals surface area contributed by atoms with E-state index in [0.29, 0.717) is 23.8 Å². The molecule has 10 heteroatoms. The normalized spacial score (nSPS) is 14.7. The molecule has 3 aromatic carbocycles. The number of fused-ring (bicyclic) bond motifs is 1. The Morgan fingerprint density at radius 2 is 1.77 bits per heavy atom. The van der Waals surface area contributed by atoms with E-state index in [1.165, 1.54) is 0 Å². The average Bonchev–Trinajstić information content (AvgIpc) is 3.36. The number of aromatic nitrogens is 2. The molecule has 2 amide bonds. The highest BCUT2D eigenvalue weighted by atomic mass is 32.3. The topological polar surface area (TPSA) is 101 Å². The van der Waals surface area contributed by atoms with E-state index in [0.717, 1.165) is 60.0 Å². The van der Waals surface area contributed by atoms with Gasteiger partial charge in [-0.15, -0.1) is 0 Å². The molecule has 5 rings (SSSR count). The average molecular weight is 564 g/mol. The van der Waals surface area contributed by atoms with Crippen molar-refractivity contribution in [3.05, 3.63) is 66.2 Å². The Balaban J connectivity index is 1.35. The molecule has 0 atom stereocenters. The Bertz CT molecular complexity index is 1510. The lowest BCUT2D eigenvalue weighted by atomic mass is 10.1. The van der Waals surface area contributed by atoms with E-state index < -0.39 is 10.0 Å². The van der Waals surface area contributed by atoms with Crippen LogP contribution in [0.4, 0.5) is 16.3 Å². The van der Waals surface area contributed by atoms with Crippen molar-refractivity contribution in [1.82, 2.24) is 14.7 Å². The molecule has 1 saturated heterocycles. The first-order valence-electron chi connectivity index (χ1n) is 13.3. The molecule has 40 heavy (non-hydrogen) atoms. The van der Waals surface area contributed by atoms with Gasteiger partial charge in [-0.25, -0.2) is 19.5 Å². The molecule has 1 aliphatic heterocycles. The summed E-state index contributed by atoms with van der Waals surface area (Å²) in [6, 6.07) is 18.5. The quantitative estimate of drug-likeness (QED) is 0.264. The number of phenolic OH excluding ortho intramolecular Hbond substituents is 1. The predicted octanol–water partition coefficient (Wildman–Crippen LogP) is 5.45. The zero-order valence-electron chi connectivity index (χ0n) is 23.4. The van der Waals surface area contributed by atoms with Crippen molar-refractivity contribution in [2.75, 3.05) is 68.9 Å². The summed E-state index contributed by atoms with van der Waals surface area (Å²) >= 11 is 0. The van der Waals surface area contributed by atoms with Gasteiger partial charge in [0, 0.05) is 42.5 Å². The maximum absolute atomic E-state index is 13.3. The fourth-order valence-electron chi connectivity index (χ4n) is 4.56. The smallest absolute Gasteiger partial charge is 0.324 e. The van der Waals surface area contributed by atoms with E-state index in [9.17, 15) is 9.90 Å². The van der Waals surface area contributed by atoms with Crippen LogP contribution >= 0.6 is 10.0 Å². The van der Waals surface area contributed by atoms with Gasteiger partial charge in [0.05, 0.1) is 24.6 Å². The Morgan fingerprint density at radius 3 is 2.50 bits per heavy atom. The highest BCUT2D eigenvalue weighted by Crippen LogP contribution is 2.45. The number of amides is 2. The molecular formula is C30H37N5O4S. The first-order valence-corrected chi connectivity index (χ1v) is 16.2. The van der Waals surface area contributed by atoms with E-state index in [-0.39, 0.29) is 11.8 Å². The molecule has 0 unspecified atom stereocenters. The van der Waals surface area contributed by atoms with Gasteiger partial charge in [0.1, 0.15) is 28.9 Å². The lowest BCUT2D eigenvalue weighted by Crippen LogP contribution is -2.38. The lowest BCUT2D eigenvalue weighted by molar-refractivity contribution is 0.0323. The largest absolute Gasteiger partial charge is 0.508 e. The molecule has 4 aromatic rings. The summed E-state index contributed by atoms with van der Waals surface area (Å²) in [5.74, 6) is 1.47. The summed E-state index contributed by atoms with van der Waals surface area (Å²) < 4.78 is 13.2.